The van der Waals surface area contributed by atoms with Crippen LogP contribution in [-0.4, -0.2) is 47.2 Å². The maximum Gasteiger partial charge on any atom is 0.338 e. The normalized spacial score (nSPS) is 11.1. The van der Waals surface area contributed by atoms with Gasteiger partial charge < -0.3 is 14.8 Å². The van der Waals surface area contributed by atoms with E-state index in [1.54, 1.807) is 19.1 Å². The van der Waals surface area contributed by atoms with E-state index in [-0.39, 0.29) is 17.0 Å². The van der Waals surface area contributed by atoms with E-state index in [9.17, 15) is 18.0 Å². The number of hydrogen-bond acceptors (Lipinski definition) is 6. The van der Waals surface area contributed by atoms with E-state index < -0.39 is 28.5 Å². The van der Waals surface area contributed by atoms with Crippen LogP contribution >= 0.6 is 0 Å². The zero-order chi connectivity index (χ0) is 21.3. The van der Waals surface area contributed by atoms with Crippen LogP contribution in [0.1, 0.15) is 21.5 Å². The average Bonchev–Trinajstić information content (AvgIpc) is 2.71. The number of hydrogen-bond donors (Lipinski definition) is 2. The predicted octanol–water partition coefficient (Wildman–Crippen LogP) is 1.39. The van der Waals surface area contributed by atoms with E-state index in [1.807, 2.05) is 18.2 Å². The van der Waals surface area contributed by atoms with Crippen molar-refractivity contribution in [2.75, 3.05) is 26.9 Å². The van der Waals surface area contributed by atoms with Gasteiger partial charge >= 0.3 is 5.97 Å². The zero-order valence-electron chi connectivity index (χ0n) is 16.3. The number of aryl methyl sites for hydroxylation is 1. The van der Waals surface area contributed by atoms with Gasteiger partial charge in [0.15, 0.2) is 6.61 Å². The Balaban J connectivity index is 2.04. The molecule has 2 rings (SSSR count). The zero-order valence-corrected chi connectivity index (χ0v) is 17.1. The highest BCUT2D eigenvalue weighted by atomic mass is 32.2. The van der Waals surface area contributed by atoms with Gasteiger partial charge in [0.25, 0.3) is 5.91 Å². The molecule has 0 aliphatic carbocycles. The van der Waals surface area contributed by atoms with Gasteiger partial charge in [-0.15, -0.1) is 0 Å². The monoisotopic (exact) mass is 420 g/mol. The third-order valence-corrected chi connectivity index (χ3v) is 5.41. The minimum absolute atomic E-state index is 0.0597. The number of methoxy groups -OCH3 is 1. The topological polar surface area (TPSA) is 111 Å². The summed E-state index contributed by atoms with van der Waals surface area (Å²) in [6.45, 7) is 1.95. The smallest absolute Gasteiger partial charge is 0.338 e. The van der Waals surface area contributed by atoms with Gasteiger partial charge in [-0.2, -0.15) is 0 Å². The minimum atomic E-state index is -3.83. The maximum atomic E-state index is 12.6. The van der Waals surface area contributed by atoms with Gasteiger partial charge in [0, 0.05) is 20.2 Å². The van der Waals surface area contributed by atoms with Gasteiger partial charge in [0.2, 0.25) is 10.0 Å². The highest BCUT2D eigenvalue weighted by molar-refractivity contribution is 7.89. The Morgan fingerprint density at radius 3 is 2.48 bits per heavy atom. The van der Waals surface area contributed by atoms with Gasteiger partial charge in [-0.05, 0) is 30.2 Å². The fourth-order valence-electron chi connectivity index (χ4n) is 2.40. The maximum absolute atomic E-state index is 12.6. The Kier molecular flexibility index (Phi) is 8.32. The van der Waals surface area contributed by atoms with Crippen LogP contribution in [0.25, 0.3) is 0 Å². The predicted molar refractivity (Wildman–Crippen MR) is 107 cm³/mol. The van der Waals surface area contributed by atoms with E-state index in [2.05, 4.69) is 10.0 Å². The first kappa shape index (κ1) is 22.5. The van der Waals surface area contributed by atoms with Crippen LogP contribution in [-0.2, 0) is 30.8 Å². The van der Waals surface area contributed by atoms with Gasteiger partial charge in [0.05, 0.1) is 17.1 Å². The first-order valence-corrected chi connectivity index (χ1v) is 10.4. The molecule has 0 spiro atoms. The summed E-state index contributed by atoms with van der Waals surface area (Å²) in [6, 6.07) is 13.3. The first-order chi connectivity index (χ1) is 13.8. The number of carbonyl (C=O) groups is 2. The molecule has 2 aromatic carbocycles. The van der Waals surface area contributed by atoms with E-state index in [1.165, 1.54) is 25.3 Å². The second kappa shape index (κ2) is 10.7. The van der Waals surface area contributed by atoms with Gasteiger partial charge in [-0.3, -0.25) is 4.79 Å². The number of carbonyl (C=O) groups excluding carboxylic acids is 2. The molecule has 0 aliphatic heterocycles. The Morgan fingerprint density at radius 1 is 1.07 bits per heavy atom. The molecule has 9 heteroatoms. The fourth-order valence-corrected chi connectivity index (χ4v) is 3.44. The second-order valence-electron chi connectivity index (χ2n) is 6.21. The number of rotatable bonds is 10. The van der Waals surface area contributed by atoms with Crippen LogP contribution in [0, 0.1) is 6.92 Å². The number of nitrogens with one attached hydrogen (secondary N) is 2. The van der Waals surface area contributed by atoms with E-state index in [0.717, 1.165) is 5.56 Å². The number of esters is 1. The lowest BCUT2D eigenvalue weighted by atomic mass is 10.1. The molecule has 0 aromatic heterocycles. The minimum Gasteiger partial charge on any atom is -0.452 e. The number of ether oxygens (including phenoxy) is 2. The third kappa shape index (κ3) is 6.97. The summed E-state index contributed by atoms with van der Waals surface area (Å²) in [6.07, 6.45) is 0. The Labute approximate surface area is 170 Å². The van der Waals surface area contributed by atoms with Crippen LogP contribution in [0.5, 0.6) is 0 Å². The van der Waals surface area contributed by atoms with Crippen molar-refractivity contribution in [2.24, 2.45) is 0 Å². The average molecular weight is 420 g/mol. The van der Waals surface area contributed by atoms with Crippen LogP contribution in [0.2, 0.25) is 0 Å². The van der Waals surface area contributed by atoms with E-state index in [0.29, 0.717) is 18.7 Å². The number of amides is 1. The molecule has 0 fully saturated rings. The lowest BCUT2D eigenvalue weighted by molar-refractivity contribution is -0.124. The van der Waals surface area contributed by atoms with Crippen LogP contribution < -0.4 is 10.0 Å². The van der Waals surface area contributed by atoms with Crippen molar-refractivity contribution in [2.45, 2.75) is 18.4 Å². The molecule has 0 aliphatic rings. The van der Waals surface area contributed by atoms with Gasteiger partial charge in [0.1, 0.15) is 0 Å². The van der Waals surface area contributed by atoms with Crippen molar-refractivity contribution in [3.8, 4) is 0 Å². The van der Waals surface area contributed by atoms with Crippen molar-refractivity contribution >= 4 is 21.9 Å². The number of sulfonamides is 1. The Hall–Kier alpha value is -2.75. The molecule has 0 radical (unpaired) electrons. The molecule has 0 saturated carbocycles. The summed E-state index contributed by atoms with van der Waals surface area (Å²) in [5.74, 6) is -1.24. The summed E-state index contributed by atoms with van der Waals surface area (Å²) in [5.41, 5.74) is 1.43. The third-order valence-electron chi connectivity index (χ3n) is 4.01. The van der Waals surface area contributed by atoms with Crippen LogP contribution in [0.4, 0.5) is 0 Å². The molecule has 0 atom stereocenters. The van der Waals surface area contributed by atoms with Gasteiger partial charge in [-0.1, -0.05) is 36.4 Å². The molecule has 0 bridgehead atoms. The molecule has 2 N–H and O–H groups in total. The lowest BCUT2D eigenvalue weighted by Gasteiger charge is -2.11. The molecule has 29 heavy (non-hydrogen) atoms. The molecule has 0 saturated heterocycles. The van der Waals surface area contributed by atoms with Crippen molar-refractivity contribution in [1.29, 1.82) is 0 Å². The van der Waals surface area contributed by atoms with Crippen molar-refractivity contribution in [3.05, 3.63) is 65.2 Å². The van der Waals surface area contributed by atoms with Crippen LogP contribution in [0.15, 0.2) is 53.4 Å². The molecule has 0 heterocycles. The largest absolute Gasteiger partial charge is 0.452 e. The summed E-state index contributed by atoms with van der Waals surface area (Å²) in [4.78, 5) is 23.9. The lowest BCUT2D eigenvalue weighted by Crippen LogP contribution is -2.31. The Morgan fingerprint density at radius 2 is 1.79 bits per heavy atom. The molecule has 1 amide bonds. The van der Waals surface area contributed by atoms with Crippen LogP contribution in [0.3, 0.4) is 0 Å². The highest BCUT2D eigenvalue weighted by Crippen LogP contribution is 2.17. The fraction of sp³-hybridized carbons (Fsp3) is 0.300. The standard InChI is InChI=1S/C20H24N2O6S/c1-15-8-9-17(29(25,26)22-13-16-6-4-3-5-7-16)12-18(15)20(24)28-14-19(23)21-10-11-27-2/h3-9,12,22H,10-11,13-14H2,1-2H3,(H,21,23). The SMILES string of the molecule is COCCNC(=O)COC(=O)c1cc(S(=O)(=O)NCc2ccccc2)ccc1C. The first-order valence-electron chi connectivity index (χ1n) is 8.90. The van der Waals surface area contributed by atoms with Gasteiger partial charge in [-0.25, -0.2) is 17.9 Å². The van der Waals surface area contributed by atoms with E-state index in [4.69, 9.17) is 9.47 Å². The van der Waals surface area contributed by atoms with E-state index >= 15 is 0 Å². The van der Waals surface area contributed by atoms with Crippen molar-refractivity contribution in [3.63, 3.8) is 0 Å². The quantitative estimate of drug-likeness (QED) is 0.444. The molecule has 0 unspecified atom stereocenters. The summed E-state index contributed by atoms with van der Waals surface area (Å²) in [5, 5.41) is 2.53. The molecule has 2 aromatic rings. The molecular weight excluding hydrogens is 396 g/mol. The summed E-state index contributed by atoms with van der Waals surface area (Å²) < 4.78 is 37.4. The molecular formula is C20H24N2O6S. The van der Waals surface area contributed by atoms with Crippen molar-refractivity contribution in [1.82, 2.24) is 10.0 Å². The summed E-state index contributed by atoms with van der Waals surface area (Å²) >= 11 is 0. The summed E-state index contributed by atoms with van der Waals surface area (Å²) in [7, 11) is -2.32. The second-order valence-corrected chi connectivity index (χ2v) is 7.97. The molecule has 8 nitrogen and oxygen atoms in total. The van der Waals surface area contributed by atoms with Crippen molar-refractivity contribution < 1.29 is 27.5 Å². The number of benzene rings is 2. The highest BCUT2D eigenvalue weighted by Gasteiger charge is 2.19. The molecule has 156 valence electrons. The Bertz CT molecular complexity index is 945.